The second-order valence-corrected chi connectivity index (χ2v) is 7.35. The van der Waals surface area contributed by atoms with E-state index in [-0.39, 0.29) is 17.0 Å². The molecule has 0 saturated carbocycles. The van der Waals surface area contributed by atoms with Gasteiger partial charge in [-0.2, -0.15) is 0 Å². The Hall–Kier alpha value is -3.25. The predicted octanol–water partition coefficient (Wildman–Crippen LogP) is 3.64. The highest BCUT2D eigenvalue weighted by molar-refractivity contribution is 7.15. The number of aromatic nitrogens is 2. The van der Waals surface area contributed by atoms with E-state index in [1.807, 2.05) is 60.7 Å². The van der Waals surface area contributed by atoms with Crippen molar-refractivity contribution in [2.45, 2.75) is 13.0 Å². The van der Waals surface area contributed by atoms with Gasteiger partial charge in [0.1, 0.15) is 5.56 Å². The van der Waals surface area contributed by atoms with Gasteiger partial charge in [-0.3, -0.25) is 14.0 Å². The predicted molar refractivity (Wildman–Crippen MR) is 111 cm³/mol. The maximum atomic E-state index is 13.2. The van der Waals surface area contributed by atoms with Gasteiger partial charge < -0.3 is 4.90 Å². The number of carbonyl (C=O) groups is 1. The third kappa shape index (κ3) is 3.87. The Balaban J connectivity index is 1.63. The van der Waals surface area contributed by atoms with Crippen LogP contribution in [-0.2, 0) is 13.0 Å². The van der Waals surface area contributed by atoms with E-state index < -0.39 is 0 Å². The van der Waals surface area contributed by atoms with Crippen molar-refractivity contribution >= 4 is 22.2 Å². The zero-order chi connectivity index (χ0) is 19.3. The van der Waals surface area contributed by atoms with Crippen LogP contribution >= 0.6 is 11.3 Å². The molecule has 28 heavy (non-hydrogen) atoms. The number of hydrogen-bond acceptors (Lipinski definition) is 4. The second kappa shape index (κ2) is 8.19. The molecule has 0 spiro atoms. The summed E-state index contributed by atoms with van der Waals surface area (Å²) in [5.41, 5.74) is 1.94. The molecule has 140 valence electrons. The van der Waals surface area contributed by atoms with E-state index in [1.165, 1.54) is 21.9 Å². The molecule has 0 atom stereocenters. The molecule has 0 aliphatic carbocycles. The van der Waals surface area contributed by atoms with Crippen LogP contribution in [0.1, 0.15) is 21.5 Å². The van der Waals surface area contributed by atoms with Crippen molar-refractivity contribution in [1.29, 1.82) is 0 Å². The van der Waals surface area contributed by atoms with Gasteiger partial charge in [-0.15, -0.1) is 11.3 Å². The quantitative estimate of drug-likeness (QED) is 0.506. The van der Waals surface area contributed by atoms with Crippen LogP contribution in [0.2, 0.25) is 0 Å². The summed E-state index contributed by atoms with van der Waals surface area (Å²) in [5.74, 6) is -0.294. The summed E-state index contributed by atoms with van der Waals surface area (Å²) >= 11 is 1.37. The van der Waals surface area contributed by atoms with Crippen molar-refractivity contribution in [3.63, 3.8) is 0 Å². The molecule has 2 heterocycles. The largest absolute Gasteiger partial charge is 0.334 e. The third-order valence-corrected chi connectivity index (χ3v) is 5.36. The molecule has 4 aromatic rings. The van der Waals surface area contributed by atoms with Crippen LogP contribution in [0.5, 0.6) is 0 Å². The molecule has 0 N–H and O–H groups in total. The fourth-order valence-electron chi connectivity index (χ4n) is 3.11. The zero-order valence-electron chi connectivity index (χ0n) is 15.2. The molecule has 0 unspecified atom stereocenters. The van der Waals surface area contributed by atoms with Crippen LogP contribution in [0.15, 0.2) is 83.2 Å². The van der Waals surface area contributed by atoms with E-state index in [1.54, 1.807) is 16.5 Å². The van der Waals surface area contributed by atoms with Crippen LogP contribution in [0.4, 0.5) is 0 Å². The number of hydrogen-bond donors (Lipinski definition) is 0. The molecule has 1 amide bonds. The van der Waals surface area contributed by atoms with Crippen LogP contribution in [0, 0.1) is 0 Å². The molecular weight excluding hydrogens is 370 g/mol. The Morgan fingerprint density at radius 2 is 1.68 bits per heavy atom. The first-order chi connectivity index (χ1) is 13.7. The molecule has 2 aromatic carbocycles. The van der Waals surface area contributed by atoms with Gasteiger partial charge >= 0.3 is 0 Å². The lowest BCUT2D eigenvalue weighted by Gasteiger charge is -2.23. The lowest BCUT2D eigenvalue weighted by Crippen LogP contribution is -2.36. The van der Waals surface area contributed by atoms with Crippen molar-refractivity contribution in [3.8, 4) is 0 Å². The summed E-state index contributed by atoms with van der Waals surface area (Å²) in [6.07, 6.45) is 3.77. The minimum absolute atomic E-state index is 0.0971. The van der Waals surface area contributed by atoms with Crippen molar-refractivity contribution in [2.75, 3.05) is 6.54 Å². The molecule has 0 aliphatic heterocycles. The molecule has 0 radical (unpaired) electrons. The molecule has 6 heteroatoms. The Bertz CT molecular complexity index is 1140. The van der Waals surface area contributed by atoms with E-state index in [0.717, 1.165) is 17.5 Å². The summed E-state index contributed by atoms with van der Waals surface area (Å²) in [4.78, 5) is 32.5. The first-order valence-corrected chi connectivity index (χ1v) is 9.92. The molecule has 0 fully saturated rings. The van der Waals surface area contributed by atoms with Crippen molar-refractivity contribution in [1.82, 2.24) is 14.3 Å². The van der Waals surface area contributed by atoms with Crippen LogP contribution in [0.3, 0.4) is 0 Å². The molecule has 2 aromatic heterocycles. The third-order valence-electron chi connectivity index (χ3n) is 4.59. The van der Waals surface area contributed by atoms with E-state index in [2.05, 4.69) is 4.98 Å². The normalized spacial score (nSPS) is 10.9. The van der Waals surface area contributed by atoms with Crippen LogP contribution in [-0.4, -0.2) is 26.7 Å². The summed E-state index contributed by atoms with van der Waals surface area (Å²) < 4.78 is 1.43. The highest BCUT2D eigenvalue weighted by Crippen LogP contribution is 2.12. The topological polar surface area (TPSA) is 54.7 Å². The number of benzene rings is 2. The van der Waals surface area contributed by atoms with Gasteiger partial charge in [0, 0.05) is 30.9 Å². The molecule has 0 aliphatic rings. The smallest absolute Gasteiger partial charge is 0.271 e. The standard InChI is InChI=1S/C22H19N3O2S/c26-20(19-15-23-22-25(21(19)27)13-14-28-22)24(16-18-9-5-2-6-10-18)12-11-17-7-3-1-4-8-17/h1-10,13-15H,11-12,16H2. The number of rotatable bonds is 6. The van der Waals surface area contributed by atoms with Gasteiger partial charge in [0.05, 0.1) is 0 Å². The molecular formula is C22H19N3O2S. The van der Waals surface area contributed by atoms with Crippen molar-refractivity contribution < 1.29 is 4.79 Å². The molecule has 5 nitrogen and oxygen atoms in total. The van der Waals surface area contributed by atoms with Gasteiger partial charge in [0.2, 0.25) is 0 Å². The van der Waals surface area contributed by atoms with Crippen LogP contribution in [0.25, 0.3) is 4.96 Å². The molecule has 0 saturated heterocycles. The summed E-state index contributed by atoms with van der Waals surface area (Å²) in [6, 6.07) is 19.8. The highest BCUT2D eigenvalue weighted by Gasteiger charge is 2.21. The Labute approximate surface area is 166 Å². The van der Waals surface area contributed by atoms with Gasteiger partial charge in [0.25, 0.3) is 11.5 Å². The van der Waals surface area contributed by atoms with Crippen LogP contribution < -0.4 is 5.56 Å². The van der Waals surface area contributed by atoms with E-state index >= 15 is 0 Å². The van der Waals surface area contributed by atoms with E-state index in [4.69, 9.17) is 0 Å². The Morgan fingerprint density at radius 1 is 1.00 bits per heavy atom. The SMILES string of the molecule is O=C(c1cnc2sccn2c1=O)N(CCc1ccccc1)Cc1ccccc1. The average Bonchev–Trinajstić information content (AvgIpc) is 3.22. The lowest BCUT2D eigenvalue weighted by molar-refractivity contribution is 0.0742. The van der Waals surface area contributed by atoms with Gasteiger partial charge in [-0.25, -0.2) is 4.98 Å². The fraction of sp³-hybridized carbons (Fsp3) is 0.136. The first kappa shape index (κ1) is 18.1. The van der Waals surface area contributed by atoms with E-state index in [9.17, 15) is 9.59 Å². The maximum absolute atomic E-state index is 13.2. The molecule has 0 bridgehead atoms. The molecule has 4 rings (SSSR count). The van der Waals surface area contributed by atoms with Gasteiger partial charge in [-0.05, 0) is 17.5 Å². The fourth-order valence-corrected chi connectivity index (χ4v) is 3.78. The first-order valence-electron chi connectivity index (χ1n) is 9.04. The zero-order valence-corrected chi connectivity index (χ0v) is 16.0. The highest BCUT2D eigenvalue weighted by atomic mass is 32.1. The average molecular weight is 389 g/mol. The number of thiazole rings is 1. The lowest BCUT2D eigenvalue weighted by atomic mass is 10.1. The number of carbonyl (C=O) groups excluding carboxylic acids is 1. The Kier molecular flexibility index (Phi) is 5.30. The summed E-state index contributed by atoms with van der Waals surface area (Å²) in [7, 11) is 0. The summed E-state index contributed by atoms with van der Waals surface area (Å²) in [6.45, 7) is 0.960. The second-order valence-electron chi connectivity index (χ2n) is 6.48. The van der Waals surface area contributed by atoms with Crippen molar-refractivity contribution in [2.24, 2.45) is 0 Å². The number of fused-ring (bicyclic) bond motifs is 1. The minimum atomic E-state index is -0.325. The number of nitrogens with zero attached hydrogens (tertiary/aromatic N) is 3. The monoisotopic (exact) mass is 389 g/mol. The van der Waals surface area contributed by atoms with E-state index in [0.29, 0.717) is 18.1 Å². The summed E-state index contributed by atoms with van der Waals surface area (Å²) in [5, 5.41) is 1.79. The minimum Gasteiger partial charge on any atom is -0.334 e. The maximum Gasteiger partial charge on any atom is 0.271 e. The van der Waals surface area contributed by atoms with Gasteiger partial charge in [-0.1, -0.05) is 60.7 Å². The van der Waals surface area contributed by atoms with Gasteiger partial charge in [0.15, 0.2) is 4.96 Å². The van der Waals surface area contributed by atoms with Crippen molar-refractivity contribution in [3.05, 3.63) is 105 Å². The number of amides is 1. The Morgan fingerprint density at radius 3 is 2.39 bits per heavy atom.